The zero-order chi connectivity index (χ0) is 42.4. The van der Waals surface area contributed by atoms with Gasteiger partial charge in [0.1, 0.15) is 15.1 Å². The van der Waals surface area contributed by atoms with Gasteiger partial charge in [-0.15, -0.1) is 0 Å². The summed E-state index contributed by atoms with van der Waals surface area (Å²) >= 11 is 50.5. The molecule has 300 valence electrons. The number of nitrogens with one attached hydrogen (secondary N) is 2. The standard InChI is InChI=1S/C18H15Cl2N3O.C11H8Cl2N2O.C4HCl3N2.C4H2Cl2N2O/c1-12-14(19)8-5-9-16(12)21-18-22-17(24)15(20)11-23(18)10-13-6-3-2-4-7-13;12-9-7-15(11(13)14-10(9)16)6-8-4-2-1-3-5-8;5-2-1-8-4(7)9-3(2)6;5-2-1-7-4(6)8-3(2)9/h2-9,11H,10H2,1H3,(H,21,22,24);1-5,7H,6H2;1H;1H,(H,7,8,9). The van der Waals surface area contributed by atoms with Gasteiger partial charge in [0.2, 0.25) is 21.8 Å². The molecular weight excluding hydrogens is 938 g/mol. The summed E-state index contributed by atoms with van der Waals surface area (Å²) in [5.74, 6) is 0.415. The van der Waals surface area contributed by atoms with Gasteiger partial charge in [0, 0.05) is 29.6 Å². The highest BCUT2D eigenvalue weighted by atomic mass is 35.5. The molecule has 0 fully saturated rings. The van der Waals surface area contributed by atoms with Crippen molar-refractivity contribution in [3.8, 4) is 0 Å². The Kier molecular flexibility index (Phi) is 18.3. The molecule has 2 N–H and O–H groups in total. The Bertz CT molecular complexity index is 2650. The zero-order valence-corrected chi connectivity index (χ0v) is 36.3. The number of aromatic nitrogens is 8. The van der Waals surface area contributed by atoms with Crippen molar-refractivity contribution >= 4 is 116 Å². The minimum atomic E-state index is -0.504. The number of aromatic amines is 1. The van der Waals surface area contributed by atoms with Crippen LogP contribution in [-0.4, -0.2) is 39.0 Å². The minimum Gasteiger partial charge on any atom is -0.325 e. The van der Waals surface area contributed by atoms with Gasteiger partial charge < -0.3 is 14.5 Å². The Morgan fingerprint density at radius 1 is 0.586 bits per heavy atom. The number of halogens is 9. The molecule has 7 aromatic rings. The van der Waals surface area contributed by atoms with Crippen LogP contribution in [0.1, 0.15) is 16.7 Å². The molecule has 4 aromatic heterocycles. The Balaban J connectivity index is 0.000000187. The maximum absolute atomic E-state index is 11.9. The molecule has 0 aliphatic heterocycles. The van der Waals surface area contributed by atoms with E-state index in [9.17, 15) is 14.4 Å². The van der Waals surface area contributed by atoms with Crippen molar-refractivity contribution in [3.63, 3.8) is 0 Å². The average molecular weight is 964 g/mol. The maximum Gasteiger partial charge on any atom is 0.293 e. The molecule has 0 aliphatic carbocycles. The minimum absolute atomic E-state index is 0.0411. The van der Waals surface area contributed by atoms with Crippen molar-refractivity contribution in [2.24, 2.45) is 0 Å². The van der Waals surface area contributed by atoms with Gasteiger partial charge in [0.25, 0.3) is 16.7 Å². The highest BCUT2D eigenvalue weighted by molar-refractivity contribution is 6.41. The van der Waals surface area contributed by atoms with E-state index in [1.54, 1.807) is 15.3 Å². The first-order valence-corrected chi connectivity index (χ1v) is 19.5. The van der Waals surface area contributed by atoms with Crippen LogP contribution in [0.15, 0.2) is 118 Å². The van der Waals surface area contributed by atoms with E-state index in [0.717, 1.165) is 22.4 Å². The Morgan fingerprint density at radius 3 is 1.69 bits per heavy atom. The van der Waals surface area contributed by atoms with Crippen LogP contribution < -0.4 is 22.0 Å². The second-order valence-electron chi connectivity index (χ2n) is 11.3. The summed E-state index contributed by atoms with van der Waals surface area (Å²) < 4.78 is 3.43. The fraction of sp³-hybridized carbons (Fsp3) is 0.0811. The molecule has 7 rings (SSSR count). The molecule has 0 unspecified atom stereocenters. The number of benzene rings is 3. The second kappa shape index (κ2) is 22.8. The van der Waals surface area contributed by atoms with Crippen molar-refractivity contribution in [2.45, 2.75) is 20.0 Å². The number of rotatable bonds is 6. The van der Waals surface area contributed by atoms with Crippen LogP contribution in [0.25, 0.3) is 0 Å². The van der Waals surface area contributed by atoms with Crippen molar-refractivity contribution in [2.75, 3.05) is 5.32 Å². The Labute approximate surface area is 375 Å². The molecule has 0 saturated heterocycles. The van der Waals surface area contributed by atoms with E-state index in [4.69, 9.17) is 104 Å². The molecule has 0 radical (unpaired) electrons. The van der Waals surface area contributed by atoms with Gasteiger partial charge in [-0.2, -0.15) is 9.97 Å². The summed E-state index contributed by atoms with van der Waals surface area (Å²) in [7, 11) is 0. The molecule has 0 atom stereocenters. The van der Waals surface area contributed by atoms with Crippen LogP contribution in [0.3, 0.4) is 0 Å². The smallest absolute Gasteiger partial charge is 0.293 e. The molecule has 0 saturated carbocycles. The van der Waals surface area contributed by atoms with Gasteiger partial charge in [-0.3, -0.25) is 19.4 Å². The number of nitrogens with zero attached hydrogens (tertiary/aromatic N) is 7. The number of anilines is 2. The lowest BCUT2D eigenvalue weighted by atomic mass is 10.2. The van der Waals surface area contributed by atoms with Gasteiger partial charge >= 0.3 is 0 Å². The maximum atomic E-state index is 11.9. The second-order valence-corrected chi connectivity index (χ2v) is 14.7. The summed E-state index contributed by atoms with van der Waals surface area (Å²) in [5.41, 5.74) is 2.42. The van der Waals surface area contributed by atoms with Crippen LogP contribution in [0, 0.1) is 6.92 Å². The van der Waals surface area contributed by atoms with Crippen LogP contribution in [-0.2, 0) is 13.1 Å². The van der Waals surface area contributed by atoms with Gasteiger partial charge in [-0.1, -0.05) is 136 Å². The highest BCUT2D eigenvalue weighted by Gasteiger charge is 2.11. The summed E-state index contributed by atoms with van der Waals surface area (Å²) in [5, 5.41) is 4.78. The summed E-state index contributed by atoms with van der Waals surface area (Å²) in [6.07, 6.45) is 5.63. The molecule has 0 spiro atoms. The van der Waals surface area contributed by atoms with E-state index >= 15 is 0 Å². The first kappa shape index (κ1) is 46.5. The molecular formula is C37H26Cl9N9O3. The topological polar surface area (TPSA) is 153 Å². The predicted octanol–water partition coefficient (Wildman–Crippen LogP) is 10.8. The first-order chi connectivity index (χ1) is 27.6. The van der Waals surface area contributed by atoms with Crippen LogP contribution >= 0.6 is 104 Å². The molecule has 58 heavy (non-hydrogen) atoms. The SMILES string of the molecule is Cc1c(Cl)cccc1Nc1nc(=O)c(Cl)cn1Cc1ccccc1.Clc1ncc(Cl)c(Cl)n1.O=c1[nH]c(Cl)ncc1Cl.O=c1nc(Cl)n(Cc2ccccc2)cc1Cl. The van der Waals surface area contributed by atoms with Gasteiger partial charge in [-0.05, 0) is 70.5 Å². The quantitative estimate of drug-likeness (QED) is 0.122. The fourth-order valence-corrected chi connectivity index (χ4v) is 5.66. The van der Waals surface area contributed by atoms with Crippen LogP contribution in [0.4, 0.5) is 11.6 Å². The monoisotopic (exact) mass is 959 g/mol. The van der Waals surface area contributed by atoms with Crippen molar-refractivity contribution in [3.05, 3.63) is 198 Å². The predicted molar refractivity (Wildman–Crippen MR) is 235 cm³/mol. The number of hydrogen-bond acceptors (Lipinski definition) is 9. The summed E-state index contributed by atoms with van der Waals surface area (Å²) in [6, 6.07) is 25.1. The number of H-pyrrole nitrogens is 1. The molecule has 12 nitrogen and oxygen atoms in total. The van der Waals surface area contributed by atoms with Gasteiger partial charge in [-0.25, -0.2) is 15.0 Å². The van der Waals surface area contributed by atoms with E-state index in [1.807, 2.05) is 85.8 Å². The van der Waals surface area contributed by atoms with Crippen LogP contribution in [0.5, 0.6) is 0 Å². The first-order valence-electron chi connectivity index (χ1n) is 16.1. The largest absolute Gasteiger partial charge is 0.325 e. The van der Waals surface area contributed by atoms with Gasteiger partial charge in [0.15, 0.2) is 5.15 Å². The third kappa shape index (κ3) is 14.6. The van der Waals surface area contributed by atoms with E-state index in [-0.39, 0.29) is 36.1 Å². The van der Waals surface area contributed by atoms with E-state index in [1.165, 1.54) is 18.6 Å². The highest BCUT2D eigenvalue weighted by Crippen LogP contribution is 2.26. The van der Waals surface area contributed by atoms with Crippen LogP contribution in [0.2, 0.25) is 46.1 Å². The molecule has 0 amide bonds. The molecule has 4 heterocycles. The van der Waals surface area contributed by atoms with Crippen molar-refractivity contribution < 1.29 is 0 Å². The number of hydrogen-bond donors (Lipinski definition) is 2. The third-order valence-corrected chi connectivity index (χ3v) is 9.69. The normalized spacial score (nSPS) is 10.2. The van der Waals surface area contributed by atoms with Crippen molar-refractivity contribution in [1.82, 2.24) is 39.0 Å². The van der Waals surface area contributed by atoms with Gasteiger partial charge in [0.05, 0.1) is 24.0 Å². The Hall–Kier alpha value is -4.21. The zero-order valence-electron chi connectivity index (χ0n) is 29.5. The van der Waals surface area contributed by atoms with E-state index in [2.05, 4.69) is 35.2 Å². The van der Waals surface area contributed by atoms with E-state index in [0.29, 0.717) is 29.1 Å². The summed E-state index contributed by atoms with van der Waals surface area (Å²) in [6.45, 7) is 2.97. The molecule has 21 heteroatoms. The van der Waals surface area contributed by atoms with Crippen molar-refractivity contribution in [1.29, 1.82) is 0 Å². The van der Waals surface area contributed by atoms with E-state index < -0.39 is 16.7 Å². The lowest BCUT2D eigenvalue weighted by molar-refractivity contribution is 0.762. The Morgan fingerprint density at radius 2 is 1.14 bits per heavy atom. The molecule has 0 aliphatic rings. The fourth-order valence-electron chi connectivity index (χ4n) is 4.35. The average Bonchev–Trinajstić information content (AvgIpc) is 3.19. The molecule has 3 aromatic carbocycles. The summed E-state index contributed by atoms with van der Waals surface area (Å²) in [4.78, 5) is 54.0. The molecule has 0 bridgehead atoms. The lowest BCUT2D eigenvalue weighted by Crippen LogP contribution is -2.17. The third-order valence-electron chi connectivity index (χ3n) is 7.16. The lowest BCUT2D eigenvalue weighted by Gasteiger charge is -2.16.